The first kappa shape index (κ1) is 15.9. The van der Waals surface area contributed by atoms with Crippen molar-refractivity contribution < 1.29 is 0 Å². The summed E-state index contributed by atoms with van der Waals surface area (Å²) in [6, 6.07) is 0. The fourth-order valence-electron chi connectivity index (χ4n) is 1.70. The first-order valence-corrected chi connectivity index (χ1v) is 6.15. The Morgan fingerprint density at radius 3 is 1.88 bits per heavy atom. The van der Waals surface area contributed by atoms with Crippen LogP contribution in [0.1, 0.15) is 41.5 Å². The van der Waals surface area contributed by atoms with Crippen LogP contribution < -0.4 is 0 Å². The van der Waals surface area contributed by atoms with Crippen LogP contribution in [0.5, 0.6) is 0 Å². The molecule has 0 aliphatic rings. The molecule has 0 heterocycles. The molecule has 0 saturated heterocycles. The molecule has 17 heavy (non-hydrogen) atoms. The molecular weight excluding hydrogens is 206 g/mol. The van der Waals surface area contributed by atoms with E-state index in [9.17, 15) is 0 Å². The number of nitrogens with zero attached hydrogens (tertiary/aromatic N) is 1. The van der Waals surface area contributed by atoms with Gasteiger partial charge in [-0.1, -0.05) is 52.0 Å². The summed E-state index contributed by atoms with van der Waals surface area (Å²) in [6.07, 6.45) is 2.17. The highest BCUT2D eigenvalue weighted by atomic mass is 14.7. The van der Waals surface area contributed by atoms with Gasteiger partial charge in [0.15, 0.2) is 0 Å². The number of allylic oxidation sites excluding steroid dienone is 4. The van der Waals surface area contributed by atoms with Crippen LogP contribution in [0.2, 0.25) is 0 Å². The second-order valence-corrected chi connectivity index (χ2v) is 5.55. The zero-order chi connectivity index (χ0) is 13.8. The topological polar surface area (TPSA) is 12.4 Å². The SMILES string of the molecule is C=C(C)/C(=C\C(=NC)C(C)C)C(C)(C)C(=C)C. The summed E-state index contributed by atoms with van der Waals surface area (Å²) in [4.78, 5) is 4.35. The summed E-state index contributed by atoms with van der Waals surface area (Å²) in [7, 11) is 1.84. The second kappa shape index (κ2) is 6.00. The molecule has 0 aromatic carbocycles. The maximum Gasteiger partial charge on any atom is 0.0373 e. The number of hydrogen-bond acceptors (Lipinski definition) is 1. The molecule has 0 fully saturated rings. The molecule has 0 spiro atoms. The molecule has 1 heteroatoms. The van der Waals surface area contributed by atoms with Gasteiger partial charge in [0.25, 0.3) is 0 Å². The van der Waals surface area contributed by atoms with Crippen LogP contribution in [-0.4, -0.2) is 12.8 Å². The van der Waals surface area contributed by atoms with Crippen molar-refractivity contribution in [1.29, 1.82) is 0 Å². The molecule has 0 aromatic rings. The van der Waals surface area contributed by atoms with Crippen LogP contribution in [-0.2, 0) is 0 Å². The summed E-state index contributed by atoms with van der Waals surface area (Å²) in [5, 5.41) is 0. The fourth-order valence-corrected chi connectivity index (χ4v) is 1.70. The van der Waals surface area contributed by atoms with Gasteiger partial charge in [-0.05, 0) is 31.4 Å². The van der Waals surface area contributed by atoms with E-state index in [0.717, 1.165) is 16.9 Å². The highest BCUT2D eigenvalue weighted by molar-refractivity contribution is 5.97. The normalized spacial score (nSPS) is 14.1. The molecule has 0 N–H and O–H groups in total. The number of hydrogen-bond donors (Lipinski definition) is 0. The Hall–Kier alpha value is -1.11. The number of aliphatic imine (C=N–C) groups is 1. The smallest absolute Gasteiger partial charge is 0.0373 e. The predicted molar refractivity (Wildman–Crippen MR) is 79.7 cm³/mol. The Balaban J connectivity index is 5.63. The van der Waals surface area contributed by atoms with Gasteiger partial charge in [-0.15, -0.1) is 0 Å². The third-order valence-electron chi connectivity index (χ3n) is 3.34. The zero-order valence-electron chi connectivity index (χ0n) is 12.5. The summed E-state index contributed by atoms with van der Waals surface area (Å²) in [5.41, 5.74) is 4.50. The van der Waals surface area contributed by atoms with E-state index in [1.165, 1.54) is 5.57 Å². The van der Waals surface area contributed by atoms with Crippen LogP contribution in [0.4, 0.5) is 0 Å². The van der Waals surface area contributed by atoms with Crippen molar-refractivity contribution >= 4 is 5.71 Å². The third kappa shape index (κ3) is 3.99. The minimum atomic E-state index is -0.0589. The van der Waals surface area contributed by atoms with Crippen LogP contribution in [0.25, 0.3) is 0 Å². The lowest BCUT2D eigenvalue weighted by Gasteiger charge is -2.30. The quantitative estimate of drug-likeness (QED) is 0.367. The molecular formula is C16H27N. The van der Waals surface area contributed by atoms with Gasteiger partial charge in [-0.25, -0.2) is 0 Å². The molecule has 0 atom stereocenters. The zero-order valence-corrected chi connectivity index (χ0v) is 12.5. The lowest BCUT2D eigenvalue weighted by molar-refractivity contribution is 0.547. The van der Waals surface area contributed by atoms with Crippen molar-refractivity contribution in [2.75, 3.05) is 7.05 Å². The van der Waals surface area contributed by atoms with Crippen LogP contribution >= 0.6 is 0 Å². The van der Waals surface area contributed by atoms with Crippen molar-refractivity contribution in [3.63, 3.8) is 0 Å². The molecule has 0 aromatic heterocycles. The average Bonchev–Trinajstić information content (AvgIpc) is 2.16. The van der Waals surface area contributed by atoms with Crippen molar-refractivity contribution in [3.05, 3.63) is 36.0 Å². The van der Waals surface area contributed by atoms with Gasteiger partial charge in [0.05, 0.1) is 0 Å². The average molecular weight is 233 g/mol. The fraction of sp³-hybridized carbons (Fsp3) is 0.562. The van der Waals surface area contributed by atoms with E-state index in [1.807, 2.05) is 14.0 Å². The van der Waals surface area contributed by atoms with E-state index in [4.69, 9.17) is 0 Å². The highest BCUT2D eigenvalue weighted by Gasteiger charge is 2.25. The van der Waals surface area contributed by atoms with Gasteiger partial charge in [0.2, 0.25) is 0 Å². The van der Waals surface area contributed by atoms with Gasteiger partial charge < -0.3 is 0 Å². The maximum absolute atomic E-state index is 4.35. The Kier molecular flexibility index (Phi) is 5.60. The molecule has 96 valence electrons. The monoisotopic (exact) mass is 233 g/mol. The van der Waals surface area contributed by atoms with Crippen LogP contribution in [0.15, 0.2) is 40.9 Å². The van der Waals surface area contributed by atoms with E-state index >= 15 is 0 Å². The molecule has 0 aliphatic heterocycles. The van der Waals surface area contributed by atoms with Crippen molar-refractivity contribution in [2.45, 2.75) is 41.5 Å². The summed E-state index contributed by atoms with van der Waals surface area (Å²) < 4.78 is 0. The molecule has 0 amide bonds. The number of rotatable bonds is 5. The van der Waals surface area contributed by atoms with Gasteiger partial charge in [-0.2, -0.15) is 0 Å². The highest BCUT2D eigenvalue weighted by Crippen LogP contribution is 2.37. The van der Waals surface area contributed by atoms with Crippen molar-refractivity contribution in [2.24, 2.45) is 16.3 Å². The van der Waals surface area contributed by atoms with Crippen molar-refractivity contribution in [3.8, 4) is 0 Å². The molecule has 0 saturated carbocycles. The lowest BCUT2D eigenvalue weighted by Crippen LogP contribution is -2.19. The third-order valence-corrected chi connectivity index (χ3v) is 3.34. The minimum absolute atomic E-state index is 0.0589. The second-order valence-electron chi connectivity index (χ2n) is 5.55. The van der Waals surface area contributed by atoms with Gasteiger partial charge in [0, 0.05) is 18.2 Å². The predicted octanol–water partition coefficient (Wildman–Crippen LogP) is 4.82. The standard InChI is InChI=1S/C16H27N/c1-11(2)14(16(7,8)13(5)6)10-15(17-9)12(3)4/h10,12H,1,5H2,2-4,6-9H3/b14-10+,17-15?. The Bertz CT molecular complexity index is 365. The summed E-state index contributed by atoms with van der Waals surface area (Å²) in [6.45, 7) is 21.0. The Morgan fingerprint density at radius 1 is 1.18 bits per heavy atom. The Labute approximate surface area is 107 Å². The summed E-state index contributed by atoms with van der Waals surface area (Å²) in [5.74, 6) is 0.426. The van der Waals surface area contributed by atoms with Gasteiger partial charge >= 0.3 is 0 Å². The summed E-state index contributed by atoms with van der Waals surface area (Å²) >= 11 is 0. The first-order chi connectivity index (χ1) is 7.64. The molecule has 0 rings (SSSR count). The molecule has 0 radical (unpaired) electrons. The maximum atomic E-state index is 4.35. The Morgan fingerprint density at radius 2 is 1.65 bits per heavy atom. The van der Waals surface area contributed by atoms with Crippen LogP contribution in [0.3, 0.4) is 0 Å². The molecule has 0 bridgehead atoms. The van der Waals surface area contributed by atoms with Crippen LogP contribution in [0, 0.1) is 11.3 Å². The molecule has 0 aliphatic carbocycles. The van der Waals surface area contributed by atoms with E-state index in [-0.39, 0.29) is 5.41 Å². The molecule has 0 unspecified atom stereocenters. The van der Waals surface area contributed by atoms with E-state index in [1.54, 1.807) is 0 Å². The van der Waals surface area contributed by atoms with E-state index < -0.39 is 0 Å². The molecule has 1 nitrogen and oxygen atoms in total. The largest absolute Gasteiger partial charge is 0.293 e. The van der Waals surface area contributed by atoms with E-state index in [0.29, 0.717) is 5.92 Å². The van der Waals surface area contributed by atoms with E-state index in [2.05, 4.69) is 58.8 Å². The van der Waals surface area contributed by atoms with Gasteiger partial charge in [0.1, 0.15) is 0 Å². The first-order valence-electron chi connectivity index (χ1n) is 6.15. The van der Waals surface area contributed by atoms with Gasteiger partial charge in [-0.3, -0.25) is 4.99 Å². The minimum Gasteiger partial charge on any atom is -0.293 e. The lowest BCUT2D eigenvalue weighted by atomic mass is 9.75. The van der Waals surface area contributed by atoms with Crippen molar-refractivity contribution in [1.82, 2.24) is 0 Å².